The number of aliphatic imine (C=N–C) groups is 1. The fraction of sp³-hybridized carbons (Fsp3) is 0.118. The largest absolute Gasteiger partial charge is 0.378 e. The Balaban J connectivity index is 1.97. The van der Waals surface area contributed by atoms with Crippen LogP contribution >= 0.6 is 11.8 Å². The Morgan fingerprint density at radius 3 is 2.40 bits per heavy atom. The topological polar surface area (TPSA) is 38.4 Å². The number of nitrogens with zero attached hydrogens (tertiary/aromatic N) is 1. The van der Waals surface area contributed by atoms with Crippen LogP contribution in [0.15, 0.2) is 65.7 Å². The summed E-state index contributed by atoms with van der Waals surface area (Å²) >= 11 is 1.59. The maximum Gasteiger partial charge on any atom is 0.160 e. The van der Waals surface area contributed by atoms with Crippen LogP contribution < -0.4 is 5.73 Å². The Morgan fingerprint density at radius 2 is 1.70 bits per heavy atom. The first-order valence-electron chi connectivity index (χ1n) is 6.57. The molecule has 0 spiro atoms. The van der Waals surface area contributed by atoms with Gasteiger partial charge in [-0.3, -0.25) is 0 Å². The minimum atomic E-state index is 0.227. The molecule has 1 atom stereocenters. The van der Waals surface area contributed by atoms with Crippen LogP contribution in [0.5, 0.6) is 0 Å². The first kappa shape index (κ1) is 13.0. The first-order chi connectivity index (χ1) is 9.72. The van der Waals surface area contributed by atoms with E-state index in [0.29, 0.717) is 5.17 Å². The Kier molecular flexibility index (Phi) is 3.61. The molecule has 0 amide bonds. The number of amidine groups is 1. The summed E-state index contributed by atoms with van der Waals surface area (Å²) in [5, 5.41) is 0.849. The summed E-state index contributed by atoms with van der Waals surface area (Å²) in [6, 6.07) is 18.8. The molecule has 0 aromatic heterocycles. The molecule has 3 rings (SSSR count). The third kappa shape index (κ3) is 2.78. The minimum absolute atomic E-state index is 0.227. The van der Waals surface area contributed by atoms with Gasteiger partial charge in [-0.25, -0.2) is 4.99 Å². The number of hydrogen-bond acceptors (Lipinski definition) is 3. The molecule has 0 radical (unpaired) electrons. The zero-order valence-electron chi connectivity index (χ0n) is 11.3. The van der Waals surface area contributed by atoms with Crippen molar-refractivity contribution in [2.45, 2.75) is 12.2 Å². The molecule has 0 saturated heterocycles. The summed E-state index contributed by atoms with van der Waals surface area (Å²) in [6.07, 6.45) is 2.18. The zero-order valence-corrected chi connectivity index (χ0v) is 12.1. The maximum absolute atomic E-state index is 5.99. The molecule has 0 fully saturated rings. The van der Waals surface area contributed by atoms with E-state index in [1.54, 1.807) is 11.8 Å². The molecule has 2 aromatic rings. The van der Waals surface area contributed by atoms with Crippen LogP contribution in [-0.4, -0.2) is 5.17 Å². The highest BCUT2D eigenvalue weighted by molar-refractivity contribution is 8.14. The quantitative estimate of drug-likeness (QED) is 0.898. The molecule has 1 aliphatic heterocycles. The smallest absolute Gasteiger partial charge is 0.160 e. The lowest BCUT2D eigenvalue weighted by Crippen LogP contribution is -2.12. The Hall–Kier alpha value is -2.00. The van der Waals surface area contributed by atoms with Crippen LogP contribution in [0.2, 0.25) is 0 Å². The van der Waals surface area contributed by atoms with Crippen LogP contribution in [0.1, 0.15) is 21.9 Å². The van der Waals surface area contributed by atoms with E-state index in [1.807, 2.05) is 6.07 Å². The fourth-order valence-corrected chi connectivity index (χ4v) is 3.08. The molecule has 2 aromatic carbocycles. The van der Waals surface area contributed by atoms with Gasteiger partial charge in [-0.15, -0.1) is 0 Å². The van der Waals surface area contributed by atoms with Crippen molar-refractivity contribution in [2.75, 3.05) is 0 Å². The first-order valence-corrected chi connectivity index (χ1v) is 7.45. The van der Waals surface area contributed by atoms with Crippen molar-refractivity contribution in [3.63, 3.8) is 0 Å². The molecule has 0 aliphatic carbocycles. The van der Waals surface area contributed by atoms with Gasteiger partial charge in [-0.2, -0.15) is 0 Å². The molecule has 3 heteroatoms. The summed E-state index contributed by atoms with van der Waals surface area (Å²) < 4.78 is 0. The second-order valence-electron chi connectivity index (χ2n) is 4.82. The van der Waals surface area contributed by atoms with E-state index >= 15 is 0 Å². The summed E-state index contributed by atoms with van der Waals surface area (Å²) in [5.41, 5.74) is 10.6. The SMILES string of the molecule is Cc1ccc(C2=C[C@H](c3ccccc3)SC(N)=N2)cc1. The lowest BCUT2D eigenvalue weighted by molar-refractivity contribution is 1.22. The van der Waals surface area contributed by atoms with Crippen LogP contribution in [0.3, 0.4) is 0 Å². The Bertz CT molecular complexity index is 657. The van der Waals surface area contributed by atoms with Gasteiger partial charge < -0.3 is 5.73 Å². The van der Waals surface area contributed by atoms with Gasteiger partial charge in [0.25, 0.3) is 0 Å². The standard InChI is InChI=1S/C17H16N2S/c1-12-7-9-13(10-8-12)15-11-16(20-17(18)19-15)14-5-3-2-4-6-14/h2-11,16H,1H3,(H2,18,19)/t16-/m1/s1. The lowest BCUT2D eigenvalue weighted by Gasteiger charge is -2.19. The van der Waals surface area contributed by atoms with Gasteiger partial charge in [-0.1, -0.05) is 71.9 Å². The summed E-state index contributed by atoms with van der Waals surface area (Å²) in [4.78, 5) is 4.48. The Morgan fingerprint density at radius 1 is 1.00 bits per heavy atom. The molecule has 1 heterocycles. The molecule has 0 saturated carbocycles. The van der Waals surface area contributed by atoms with Gasteiger partial charge >= 0.3 is 0 Å². The van der Waals surface area contributed by atoms with Crippen LogP contribution in [0.4, 0.5) is 0 Å². The van der Waals surface area contributed by atoms with Crippen molar-refractivity contribution in [3.8, 4) is 0 Å². The van der Waals surface area contributed by atoms with Crippen molar-refractivity contribution in [2.24, 2.45) is 10.7 Å². The van der Waals surface area contributed by atoms with Crippen molar-refractivity contribution in [1.82, 2.24) is 0 Å². The summed E-state index contributed by atoms with van der Waals surface area (Å²) in [5.74, 6) is 0. The third-order valence-corrected chi connectivity index (χ3v) is 4.26. The van der Waals surface area contributed by atoms with Gasteiger partial charge in [-0.05, 0) is 24.1 Å². The number of aryl methyl sites for hydroxylation is 1. The van der Waals surface area contributed by atoms with Crippen LogP contribution in [-0.2, 0) is 0 Å². The molecule has 0 unspecified atom stereocenters. The molecular weight excluding hydrogens is 264 g/mol. The van der Waals surface area contributed by atoms with E-state index in [-0.39, 0.29) is 5.25 Å². The Labute approximate surface area is 123 Å². The highest BCUT2D eigenvalue weighted by atomic mass is 32.2. The molecule has 20 heavy (non-hydrogen) atoms. The van der Waals surface area contributed by atoms with E-state index in [1.165, 1.54) is 11.1 Å². The van der Waals surface area contributed by atoms with E-state index in [2.05, 4.69) is 66.5 Å². The fourth-order valence-electron chi connectivity index (χ4n) is 2.18. The van der Waals surface area contributed by atoms with Gasteiger partial charge in [0.1, 0.15) is 0 Å². The normalized spacial score (nSPS) is 18.4. The van der Waals surface area contributed by atoms with E-state index in [4.69, 9.17) is 5.73 Å². The molecular formula is C17H16N2S. The van der Waals surface area contributed by atoms with Gasteiger partial charge in [0, 0.05) is 0 Å². The van der Waals surface area contributed by atoms with E-state index < -0.39 is 0 Å². The molecule has 100 valence electrons. The lowest BCUT2D eigenvalue weighted by atomic mass is 10.1. The molecule has 0 bridgehead atoms. The number of benzene rings is 2. The van der Waals surface area contributed by atoms with Gasteiger partial charge in [0.15, 0.2) is 5.17 Å². The number of rotatable bonds is 2. The van der Waals surface area contributed by atoms with Crippen LogP contribution in [0.25, 0.3) is 5.70 Å². The molecule has 1 aliphatic rings. The van der Waals surface area contributed by atoms with E-state index in [9.17, 15) is 0 Å². The van der Waals surface area contributed by atoms with Gasteiger partial charge in [0.05, 0.1) is 10.9 Å². The second-order valence-corrected chi connectivity index (χ2v) is 5.98. The number of nitrogens with two attached hydrogens (primary N) is 1. The summed E-state index contributed by atoms with van der Waals surface area (Å²) in [6.45, 7) is 2.08. The minimum Gasteiger partial charge on any atom is -0.378 e. The van der Waals surface area contributed by atoms with Crippen LogP contribution in [0, 0.1) is 6.92 Å². The monoisotopic (exact) mass is 280 g/mol. The molecule has 2 N–H and O–H groups in total. The van der Waals surface area contributed by atoms with Crippen molar-refractivity contribution in [1.29, 1.82) is 0 Å². The van der Waals surface area contributed by atoms with Crippen molar-refractivity contribution >= 4 is 22.6 Å². The highest BCUT2D eigenvalue weighted by Gasteiger charge is 2.18. The van der Waals surface area contributed by atoms with Crippen molar-refractivity contribution in [3.05, 3.63) is 77.4 Å². The van der Waals surface area contributed by atoms with Crippen molar-refractivity contribution < 1.29 is 0 Å². The average molecular weight is 280 g/mol. The molecule has 2 nitrogen and oxygen atoms in total. The maximum atomic E-state index is 5.99. The van der Waals surface area contributed by atoms with Gasteiger partial charge in [0.2, 0.25) is 0 Å². The average Bonchev–Trinajstić information content (AvgIpc) is 2.48. The zero-order chi connectivity index (χ0) is 13.9. The van der Waals surface area contributed by atoms with E-state index in [0.717, 1.165) is 11.3 Å². The number of hydrogen-bond donors (Lipinski definition) is 1. The third-order valence-electron chi connectivity index (χ3n) is 3.26. The predicted octanol–water partition coefficient (Wildman–Crippen LogP) is 4.14. The summed E-state index contributed by atoms with van der Waals surface area (Å²) in [7, 11) is 0. The highest BCUT2D eigenvalue weighted by Crippen LogP contribution is 2.37. The number of thioether (sulfide) groups is 1. The predicted molar refractivity (Wildman–Crippen MR) is 87.6 cm³/mol. The second kappa shape index (κ2) is 5.55.